The quantitative estimate of drug-likeness (QED) is 0.864. The van der Waals surface area contributed by atoms with E-state index < -0.39 is 17.7 Å². The molecule has 23 heavy (non-hydrogen) atoms. The smallest absolute Gasteiger partial charge is 0.268 e. The van der Waals surface area contributed by atoms with Gasteiger partial charge in [0.05, 0.1) is 0 Å². The van der Waals surface area contributed by atoms with E-state index in [2.05, 4.69) is 0 Å². The molecule has 120 valence electrons. The van der Waals surface area contributed by atoms with Crippen LogP contribution in [-0.4, -0.2) is 18.1 Å². The van der Waals surface area contributed by atoms with Gasteiger partial charge in [0.15, 0.2) is 17.7 Å². The average Bonchev–Trinajstić information content (AvgIpc) is 2.86. The van der Waals surface area contributed by atoms with Crippen molar-refractivity contribution < 1.29 is 18.3 Å². The van der Waals surface area contributed by atoms with Crippen molar-refractivity contribution in [3.8, 4) is 5.75 Å². The van der Waals surface area contributed by atoms with Gasteiger partial charge in [-0.05, 0) is 44.0 Å². The van der Waals surface area contributed by atoms with Crippen LogP contribution in [0.1, 0.15) is 19.4 Å². The number of ether oxygens (including phenoxy) is 1. The Bertz CT molecular complexity index is 748. The van der Waals surface area contributed by atoms with Gasteiger partial charge in [-0.2, -0.15) is 0 Å². The molecule has 0 N–H and O–H groups in total. The maximum absolute atomic E-state index is 13.2. The van der Waals surface area contributed by atoms with Gasteiger partial charge in [0.25, 0.3) is 5.91 Å². The monoisotopic (exact) mass is 317 g/mol. The highest BCUT2D eigenvalue weighted by Gasteiger charge is 2.33. The Morgan fingerprint density at radius 2 is 1.96 bits per heavy atom. The van der Waals surface area contributed by atoms with E-state index in [9.17, 15) is 13.6 Å². The molecule has 3 nitrogen and oxygen atoms in total. The molecule has 0 aromatic heterocycles. The van der Waals surface area contributed by atoms with Crippen LogP contribution in [0, 0.1) is 11.6 Å². The summed E-state index contributed by atoms with van der Waals surface area (Å²) in [5.41, 5.74) is 2.00. The first kappa shape index (κ1) is 15.5. The minimum absolute atomic E-state index is 0.0379. The Labute approximate surface area is 133 Å². The van der Waals surface area contributed by atoms with E-state index >= 15 is 0 Å². The van der Waals surface area contributed by atoms with Crippen LogP contribution in [0.2, 0.25) is 0 Å². The Kier molecular flexibility index (Phi) is 4.03. The Morgan fingerprint density at radius 1 is 1.22 bits per heavy atom. The zero-order valence-electron chi connectivity index (χ0n) is 12.9. The molecule has 0 saturated carbocycles. The van der Waals surface area contributed by atoms with E-state index in [1.54, 1.807) is 11.8 Å². The number of benzene rings is 2. The number of anilines is 1. The lowest BCUT2D eigenvalue weighted by atomic mass is 10.1. The van der Waals surface area contributed by atoms with Gasteiger partial charge in [-0.15, -0.1) is 0 Å². The number of hydrogen-bond donors (Lipinski definition) is 0. The SMILES string of the molecule is CC(Oc1ccc(F)c(F)c1)C(=O)N1c2ccccc2CC1C. The molecule has 2 atom stereocenters. The number of rotatable bonds is 3. The van der Waals surface area contributed by atoms with Crippen LogP contribution in [0.15, 0.2) is 42.5 Å². The van der Waals surface area contributed by atoms with Crippen molar-refractivity contribution in [2.75, 3.05) is 4.90 Å². The highest BCUT2D eigenvalue weighted by Crippen LogP contribution is 2.32. The summed E-state index contributed by atoms with van der Waals surface area (Å²) in [4.78, 5) is 14.4. The molecule has 0 aliphatic carbocycles. The molecule has 1 aliphatic heterocycles. The van der Waals surface area contributed by atoms with Crippen molar-refractivity contribution in [3.05, 3.63) is 59.7 Å². The second-order valence-electron chi connectivity index (χ2n) is 5.73. The van der Waals surface area contributed by atoms with Gasteiger partial charge in [0.1, 0.15) is 5.75 Å². The number of halogens is 2. The second-order valence-corrected chi connectivity index (χ2v) is 5.73. The summed E-state index contributed by atoms with van der Waals surface area (Å²) in [6, 6.07) is 11.0. The summed E-state index contributed by atoms with van der Waals surface area (Å²) in [6.45, 7) is 3.58. The molecule has 1 aliphatic rings. The molecule has 0 saturated heterocycles. The number of carbonyl (C=O) groups excluding carboxylic acids is 1. The fourth-order valence-corrected chi connectivity index (χ4v) is 2.90. The van der Waals surface area contributed by atoms with Gasteiger partial charge < -0.3 is 9.64 Å². The van der Waals surface area contributed by atoms with Crippen LogP contribution in [0.25, 0.3) is 0 Å². The molecule has 0 spiro atoms. The molecular weight excluding hydrogens is 300 g/mol. The fourth-order valence-electron chi connectivity index (χ4n) is 2.90. The Balaban J connectivity index is 1.78. The van der Waals surface area contributed by atoms with E-state index in [0.29, 0.717) is 0 Å². The highest BCUT2D eigenvalue weighted by molar-refractivity contribution is 5.99. The number of hydrogen-bond acceptors (Lipinski definition) is 2. The zero-order valence-corrected chi connectivity index (χ0v) is 12.9. The molecule has 0 bridgehead atoms. The summed E-state index contributed by atoms with van der Waals surface area (Å²) in [6.07, 6.45) is -0.00624. The van der Waals surface area contributed by atoms with Crippen molar-refractivity contribution in [2.45, 2.75) is 32.4 Å². The molecule has 0 radical (unpaired) electrons. The molecule has 1 heterocycles. The lowest BCUT2D eigenvalue weighted by Crippen LogP contribution is -2.43. The molecule has 2 aromatic carbocycles. The molecule has 2 unspecified atom stereocenters. The third kappa shape index (κ3) is 2.91. The minimum Gasteiger partial charge on any atom is -0.481 e. The summed E-state index contributed by atoms with van der Waals surface area (Å²) in [7, 11) is 0. The van der Waals surface area contributed by atoms with Gasteiger partial charge in [-0.25, -0.2) is 8.78 Å². The van der Waals surface area contributed by atoms with Crippen LogP contribution >= 0.6 is 0 Å². The van der Waals surface area contributed by atoms with Crippen molar-refractivity contribution >= 4 is 11.6 Å². The van der Waals surface area contributed by atoms with Gasteiger partial charge in [0, 0.05) is 17.8 Å². The van der Waals surface area contributed by atoms with Crippen LogP contribution < -0.4 is 9.64 Å². The predicted molar refractivity (Wildman–Crippen MR) is 83.5 cm³/mol. The van der Waals surface area contributed by atoms with Crippen molar-refractivity contribution in [3.63, 3.8) is 0 Å². The summed E-state index contributed by atoms with van der Waals surface area (Å²) < 4.78 is 31.7. The zero-order chi connectivity index (χ0) is 16.6. The predicted octanol–water partition coefficient (Wildman–Crippen LogP) is 3.71. The standard InChI is InChI=1S/C18H17F2NO2/c1-11-9-13-5-3-4-6-17(13)21(11)18(22)12(2)23-14-7-8-15(19)16(20)10-14/h3-8,10-12H,9H2,1-2H3. The van der Waals surface area contributed by atoms with Crippen molar-refractivity contribution in [1.82, 2.24) is 0 Å². The lowest BCUT2D eigenvalue weighted by molar-refractivity contribution is -0.124. The molecule has 2 aromatic rings. The van der Waals surface area contributed by atoms with E-state index in [-0.39, 0.29) is 17.7 Å². The minimum atomic E-state index is -0.998. The molecular formula is C18H17F2NO2. The van der Waals surface area contributed by atoms with E-state index in [4.69, 9.17) is 4.74 Å². The normalized spacial score (nSPS) is 17.7. The van der Waals surface area contributed by atoms with Crippen LogP contribution in [0.5, 0.6) is 5.75 Å². The second kappa shape index (κ2) is 5.99. The third-order valence-electron chi connectivity index (χ3n) is 4.00. The first-order valence-electron chi connectivity index (χ1n) is 7.50. The average molecular weight is 317 g/mol. The van der Waals surface area contributed by atoms with Crippen molar-refractivity contribution in [1.29, 1.82) is 0 Å². The first-order valence-corrected chi connectivity index (χ1v) is 7.50. The van der Waals surface area contributed by atoms with Gasteiger partial charge in [-0.1, -0.05) is 18.2 Å². The van der Waals surface area contributed by atoms with Gasteiger partial charge in [0.2, 0.25) is 0 Å². The summed E-state index contributed by atoms with van der Waals surface area (Å²) >= 11 is 0. The maximum Gasteiger partial charge on any atom is 0.268 e. The first-order chi connectivity index (χ1) is 11.0. The largest absolute Gasteiger partial charge is 0.481 e. The van der Waals surface area contributed by atoms with E-state index in [1.807, 2.05) is 31.2 Å². The number of amides is 1. The molecule has 3 rings (SSSR count). The van der Waals surface area contributed by atoms with Crippen molar-refractivity contribution in [2.24, 2.45) is 0 Å². The van der Waals surface area contributed by atoms with E-state index in [1.165, 1.54) is 6.07 Å². The van der Waals surface area contributed by atoms with Crippen LogP contribution in [0.3, 0.4) is 0 Å². The summed E-state index contributed by atoms with van der Waals surface area (Å²) in [5.74, 6) is -2.02. The summed E-state index contributed by atoms with van der Waals surface area (Å²) in [5, 5.41) is 0. The van der Waals surface area contributed by atoms with Crippen LogP contribution in [-0.2, 0) is 11.2 Å². The van der Waals surface area contributed by atoms with Gasteiger partial charge >= 0.3 is 0 Å². The Hall–Kier alpha value is -2.43. The van der Waals surface area contributed by atoms with Gasteiger partial charge in [-0.3, -0.25) is 4.79 Å². The topological polar surface area (TPSA) is 29.5 Å². The highest BCUT2D eigenvalue weighted by atomic mass is 19.2. The third-order valence-corrected chi connectivity index (χ3v) is 4.00. The number of para-hydroxylation sites is 1. The molecule has 1 amide bonds. The molecule has 0 fully saturated rings. The number of carbonyl (C=O) groups is 1. The number of nitrogens with zero attached hydrogens (tertiary/aromatic N) is 1. The van der Waals surface area contributed by atoms with E-state index in [0.717, 1.165) is 29.8 Å². The molecule has 5 heteroatoms. The fraction of sp³-hybridized carbons (Fsp3) is 0.278. The number of fused-ring (bicyclic) bond motifs is 1. The maximum atomic E-state index is 13.2. The lowest BCUT2D eigenvalue weighted by Gasteiger charge is -2.26. The Morgan fingerprint density at radius 3 is 2.70 bits per heavy atom. The van der Waals surface area contributed by atoms with Crippen LogP contribution in [0.4, 0.5) is 14.5 Å².